The Morgan fingerprint density at radius 1 is 1.47 bits per heavy atom. The van der Waals surface area contributed by atoms with Crippen LogP contribution in [0.25, 0.3) is 0 Å². The summed E-state index contributed by atoms with van der Waals surface area (Å²) in [5, 5.41) is 0. The van der Waals surface area contributed by atoms with Gasteiger partial charge in [-0.1, -0.05) is 0 Å². The van der Waals surface area contributed by atoms with E-state index in [1.807, 2.05) is 0 Å². The van der Waals surface area contributed by atoms with Crippen molar-refractivity contribution in [3.8, 4) is 0 Å². The first kappa shape index (κ1) is 15.4. The van der Waals surface area contributed by atoms with Crippen molar-refractivity contribution in [3.05, 3.63) is 0 Å². The highest BCUT2D eigenvalue weighted by atomic mass is 127. The molecule has 0 aliphatic carbocycles. The van der Waals surface area contributed by atoms with Gasteiger partial charge in [0.1, 0.15) is 0 Å². The van der Waals surface area contributed by atoms with Crippen molar-refractivity contribution in [2.24, 2.45) is 0 Å². The number of likely N-dealkylation sites (tertiary alicyclic amines) is 1. The van der Waals surface area contributed by atoms with E-state index in [-0.39, 0.29) is 17.5 Å². The van der Waals surface area contributed by atoms with Gasteiger partial charge in [-0.15, -0.1) is 30.8 Å². The molecule has 1 rings (SSSR count). The third kappa shape index (κ3) is 4.83. The molecule has 2 amide bonds. The third-order valence-corrected chi connectivity index (χ3v) is 5.20. The summed E-state index contributed by atoms with van der Waals surface area (Å²) in [6.07, 6.45) is 1.33. The zero-order chi connectivity index (χ0) is 13.1. The Kier molecular flexibility index (Phi) is 5.86. The lowest BCUT2D eigenvalue weighted by Gasteiger charge is -2.25. The molecular weight excluding hydrogens is 349 g/mol. The largest absolute Gasteiger partial charge is 0.331 e. The molecule has 1 fully saturated rings. The Labute approximate surface area is 119 Å². The van der Waals surface area contributed by atoms with Gasteiger partial charge in [-0.2, -0.15) is 0 Å². The number of imide groups is 1. The molecule has 2 atom stereocenters. The third-order valence-electron chi connectivity index (χ3n) is 2.78. The second-order valence-electron chi connectivity index (χ2n) is 5.35. The Hall–Kier alpha value is 0.325. The molecule has 1 heterocycles. The summed E-state index contributed by atoms with van der Waals surface area (Å²) in [5.74, 6) is 0.0881. The van der Waals surface area contributed by atoms with Gasteiger partial charge in [-0.3, -0.25) is 14.5 Å². The van der Waals surface area contributed by atoms with Crippen molar-refractivity contribution in [1.29, 1.82) is 0 Å². The molecule has 0 aromatic heterocycles. The maximum absolute atomic E-state index is 12.0. The zero-order valence-electron chi connectivity index (χ0n) is 10.7. The summed E-state index contributed by atoms with van der Waals surface area (Å²) in [6, 6.07) is 0. The van der Waals surface area contributed by atoms with Crippen LogP contribution in [0.15, 0.2) is 0 Å². The topological polar surface area (TPSA) is 37.4 Å². The Balaban J connectivity index is 2.43. The molecule has 7 heteroatoms. The molecule has 4 nitrogen and oxygen atoms in total. The molecule has 0 N–H and O–H groups in total. The average molecular weight is 369 g/mol. The SMILES string of the molecule is C[N+](C)(C)CCCN1C(=O)CC(PBI)C1=O. The highest BCUT2D eigenvalue weighted by Gasteiger charge is 2.37. The van der Waals surface area contributed by atoms with Crippen LogP contribution < -0.4 is 0 Å². The lowest BCUT2D eigenvalue weighted by molar-refractivity contribution is -0.870. The van der Waals surface area contributed by atoms with E-state index >= 15 is 0 Å². The molecule has 0 aromatic carbocycles. The van der Waals surface area contributed by atoms with Crippen molar-refractivity contribution >= 4 is 47.5 Å². The number of amides is 2. The van der Waals surface area contributed by atoms with Gasteiger partial charge in [0, 0.05) is 19.4 Å². The molecule has 0 spiro atoms. The minimum atomic E-state index is -0.0245. The van der Waals surface area contributed by atoms with Gasteiger partial charge in [0.2, 0.25) is 16.7 Å². The number of carbonyl (C=O) groups excluding carboxylic acids is 2. The standard InChI is InChI=1S/C10H20BIN2O2P/c1-14(2,3)6-4-5-13-9(15)7-8(10(13)16)17-11-12/h8,11,17H,4-7H2,1-3H3/q+1. The van der Waals surface area contributed by atoms with Crippen LogP contribution in [0.5, 0.6) is 0 Å². The van der Waals surface area contributed by atoms with Gasteiger partial charge in [-0.05, 0) is 0 Å². The molecule has 0 aromatic rings. The summed E-state index contributed by atoms with van der Waals surface area (Å²) in [4.78, 5) is 26.1. The van der Waals surface area contributed by atoms with Crippen molar-refractivity contribution < 1.29 is 14.1 Å². The maximum atomic E-state index is 12.0. The maximum Gasteiger partial charge on any atom is 0.236 e. The lowest BCUT2D eigenvalue weighted by Crippen LogP contribution is -2.39. The van der Waals surface area contributed by atoms with E-state index in [0.717, 1.165) is 22.3 Å². The Bertz CT molecular complexity index is 309. The smallest absolute Gasteiger partial charge is 0.236 e. The summed E-state index contributed by atoms with van der Waals surface area (Å²) in [5.41, 5.74) is -0.0245. The number of quaternary nitrogens is 1. The van der Waals surface area contributed by atoms with Gasteiger partial charge in [0.15, 0.2) is 0 Å². The van der Waals surface area contributed by atoms with Crippen LogP contribution in [0.3, 0.4) is 0 Å². The summed E-state index contributed by atoms with van der Waals surface area (Å²) in [7, 11) is 6.94. The molecule has 0 radical (unpaired) electrons. The van der Waals surface area contributed by atoms with Gasteiger partial charge in [-0.25, -0.2) is 0 Å². The van der Waals surface area contributed by atoms with Gasteiger partial charge in [0.05, 0.1) is 33.3 Å². The number of hydrogen-bond donors (Lipinski definition) is 0. The second-order valence-corrected chi connectivity index (χ2v) is 9.01. The second kappa shape index (κ2) is 6.48. The van der Waals surface area contributed by atoms with E-state index in [9.17, 15) is 9.59 Å². The van der Waals surface area contributed by atoms with Crippen LogP contribution in [0.2, 0.25) is 0 Å². The van der Waals surface area contributed by atoms with Crippen molar-refractivity contribution in [2.75, 3.05) is 34.2 Å². The molecule has 17 heavy (non-hydrogen) atoms. The van der Waals surface area contributed by atoms with Crippen molar-refractivity contribution in [2.45, 2.75) is 18.5 Å². The first-order chi connectivity index (χ1) is 7.85. The number of halogens is 1. The minimum absolute atomic E-state index is 0.0245. The Morgan fingerprint density at radius 3 is 2.65 bits per heavy atom. The summed E-state index contributed by atoms with van der Waals surface area (Å²) >= 11 is 2.27. The molecule has 1 aliphatic rings. The van der Waals surface area contributed by atoms with Crippen LogP contribution in [0.1, 0.15) is 12.8 Å². The summed E-state index contributed by atoms with van der Waals surface area (Å²) < 4.78 is 0.870. The Morgan fingerprint density at radius 2 is 2.12 bits per heavy atom. The minimum Gasteiger partial charge on any atom is -0.331 e. The molecular formula is C10H20BIN2O2P+. The normalized spacial score (nSPS) is 21.9. The molecule has 2 unspecified atom stereocenters. The van der Waals surface area contributed by atoms with E-state index in [0.29, 0.717) is 21.4 Å². The predicted octanol–water partition coefficient (Wildman–Crippen LogP) is 0.590. The van der Waals surface area contributed by atoms with Crippen LogP contribution in [-0.2, 0) is 9.59 Å². The van der Waals surface area contributed by atoms with E-state index in [2.05, 4.69) is 43.5 Å². The molecule has 0 bridgehead atoms. The quantitative estimate of drug-likeness (QED) is 0.226. The first-order valence-electron chi connectivity index (χ1n) is 5.79. The molecule has 1 saturated heterocycles. The van der Waals surface area contributed by atoms with E-state index in [1.165, 1.54) is 4.90 Å². The highest BCUT2D eigenvalue weighted by molar-refractivity contribution is 14.1. The van der Waals surface area contributed by atoms with Gasteiger partial charge in [0.25, 0.3) is 0 Å². The molecule has 1 aliphatic heterocycles. The van der Waals surface area contributed by atoms with Crippen molar-refractivity contribution in [1.82, 2.24) is 4.90 Å². The molecule has 96 valence electrons. The van der Waals surface area contributed by atoms with Crippen LogP contribution in [0.4, 0.5) is 0 Å². The van der Waals surface area contributed by atoms with Crippen LogP contribution >= 0.6 is 30.8 Å². The fraction of sp³-hybridized carbons (Fsp3) is 0.800. The highest BCUT2D eigenvalue weighted by Crippen LogP contribution is 2.30. The van der Waals surface area contributed by atoms with Gasteiger partial charge >= 0.3 is 0 Å². The number of carbonyl (C=O) groups is 2. The first-order valence-corrected chi connectivity index (χ1v) is 8.60. The number of hydrogen-bond acceptors (Lipinski definition) is 2. The summed E-state index contributed by atoms with van der Waals surface area (Å²) in [6.45, 7) is 1.58. The number of nitrogens with zero attached hydrogens (tertiary/aromatic N) is 2. The van der Waals surface area contributed by atoms with E-state index < -0.39 is 0 Å². The van der Waals surface area contributed by atoms with E-state index in [4.69, 9.17) is 0 Å². The lowest BCUT2D eigenvalue weighted by atomic mass is 10.3. The van der Waals surface area contributed by atoms with E-state index in [1.54, 1.807) is 0 Å². The van der Waals surface area contributed by atoms with Gasteiger partial charge < -0.3 is 4.48 Å². The predicted molar refractivity (Wildman–Crippen MR) is 82.1 cm³/mol. The fourth-order valence-electron chi connectivity index (χ4n) is 1.87. The average Bonchev–Trinajstić information content (AvgIpc) is 2.44. The fourth-order valence-corrected chi connectivity index (χ4v) is 4.30. The van der Waals surface area contributed by atoms with Crippen LogP contribution in [-0.4, -0.2) is 65.9 Å². The monoisotopic (exact) mass is 369 g/mol. The van der Waals surface area contributed by atoms with Crippen LogP contribution in [0, 0.1) is 0 Å². The number of rotatable bonds is 6. The van der Waals surface area contributed by atoms with Crippen molar-refractivity contribution in [3.63, 3.8) is 0 Å². The molecule has 0 saturated carbocycles. The zero-order valence-corrected chi connectivity index (χ0v) is 13.9.